The summed E-state index contributed by atoms with van der Waals surface area (Å²) in [5.74, 6) is 0. The topological polar surface area (TPSA) is 6.48 Å². The Bertz CT molecular complexity index is 2600. The Morgan fingerprint density at radius 1 is 0.441 bits per heavy atom. The van der Waals surface area contributed by atoms with Gasteiger partial charge in [-0.1, -0.05) is 133 Å². The van der Waals surface area contributed by atoms with Crippen molar-refractivity contribution in [2.75, 3.05) is 9.80 Å². The summed E-state index contributed by atoms with van der Waals surface area (Å²) in [5, 5.41) is 0. The molecule has 0 saturated heterocycles. The normalized spacial score (nSPS) is 19.2. The first-order chi connectivity index (χ1) is 27.2. The van der Waals surface area contributed by atoms with Crippen molar-refractivity contribution >= 4 is 57.2 Å². The van der Waals surface area contributed by atoms with E-state index in [0.717, 1.165) is 6.42 Å². The molecule has 2 aliphatic heterocycles. The first-order valence-electron chi connectivity index (χ1n) is 22.6. The van der Waals surface area contributed by atoms with E-state index < -0.39 is 0 Å². The second-order valence-corrected chi connectivity index (χ2v) is 23.9. The second-order valence-electron chi connectivity index (χ2n) is 23.9. The highest BCUT2D eigenvalue weighted by atomic mass is 15.2. The molecule has 0 radical (unpaired) electrons. The monoisotopic (exact) mass is 781 g/mol. The Morgan fingerprint density at radius 3 is 1.44 bits per heavy atom. The maximum atomic E-state index is 2.72. The third-order valence-corrected chi connectivity index (χ3v) is 15.3. The van der Waals surface area contributed by atoms with Gasteiger partial charge in [0.2, 0.25) is 0 Å². The lowest BCUT2D eigenvalue weighted by Gasteiger charge is -2.47. The minimum atomic E-state index is 0.00875. The van der Waals surface area contributed by atoms with Gasteiger partial charge in [0.15, 0.2) is 0 Å². The van der Waals surface area contributed by atoms with Gasteiger partial charge in [0.05, 0.1) is 0 Å². The Morgan fingerprint density at radius 2 is 0.881 bits per heavy atom. The van der Waals surface area contributed by atoms with Crippen LogP contribution in [0.2, 0.25) is 0 Å². The van der Waals surface area contributed by atoms with E-state index in [4.69, 9.17) is 0 Å². The first-order valence-corrected chi connectivity index (χ1v) is 22.6. The van der Waals surface area contributed by atoms with E-state index >= 15 is 0 Å². The Balaban J connectivity index is 1.42. The Kier molecular flexibility index (Phi) is 8.46. The van der Waals surface area contributed by atoms with Crippen molar-refractivity contribution < 1.29 is 0 Å². The van der Waals surface area contributed by atoms with Crippen LogP contribution in [-0.4, -0.2) is 6.71 Å². The van der Waals surface area contributed by atoms with E-state index in [9.17, 15) is 0 Å². The highest BCUT2D eigenvalue weighted by Crippen LogP contribution is 2.54. The average Bonchev–Trinajstić information content (AvgIpc) is 3.30. The molecule has 9 rings (SSSR count). The standard InChI is InChI=1S/C56H69BN2/c1-33-24-48-50-49(25-33)59(46-30-40-38(27-35(46)3)53(10,11)22-23-54(40,12)13)47-31-41-39(55(14,15)32-56(41,16)17)29-43(47)57(50)42-28-37(52(7,8)9)19-21-45(42)58(48)44-20-18-36(26-34(44)2)51(4,5)6/h18-21,24-31H,22-23,32H2,1-17H3. The van der Waals surface area contributed by atoms with E-state index in [0.29, 0.717) is 0 Å². The quantitative estimate of drug-likeness (QED) is 0.161. The highest BCUT2D eigenvalue weighted by molar-refractivity contribution is 7.00. The molecule has 0 fully saturated rings. The average molecular weight is 781 g/mol. The number of benzene rings is 5. The highest BCUT2D eigenvalue weighted by Gasteiger charge is 2.49. The van der Waals surface area contributed by atoms with Crippen LogP contribution in [0.4, 0.5) is 34.1 Å². The summed E-state index contributed by atoms with van der Waals surface area (Å²) in [6.45, 7) is 40.9. The van der Waals surface area contributed by atoms with Crippen LogP contribution >= 0.6 is 0 Å². The predicted octanol–water partition coefficient (Wildman–Crippen LogP) is 13.6. The summed E-state index contributed by atoms with van der Waals surface area (Å²) in [6, 6.07) is 30.1. The molecule has 0 atom stereocenters. The molecule has 5 aromatic rings. The third kappa shape index (κ3) is 6.01. The van der Waals surface area contributed by atoms with Crippen LogP contribution in [0.1, 0.15) is 166 Å². The summed E-state index contributed by atoms with van der Waals surface area (Å²) < 4.78 is 0. The maximum Gasteiger partial charge on any atom is 0.252 e. The number of hydrogen-bond acceptors (Lipinski definition) is 2. The minimum Gasteiger partial charge on any atom is -0.311 e. The Labute approximate surface area is 357 Å². The van der Waals surface area contributed by atoms with E-state index in [-0.39, 0.29) is 39.2 Å². The van der Waals surface area contributed by atoms with Gasteiger partial charge in [0.1, 0.15) is 0 Å². The molecule has 0 N–H and O–H groups in total. The molecule has 0 amide bonds. The van der Waals surface area contributed by atoms with Gasteiger partial charge in [-0.05, 0) is 175 Å². The van der Waals surface area contributed by atoms with Gasteiger partial charge in [-0.2, -0.15) is 0 Å². The first kappa shape index (κ1) is 40.2. The molecule has 4 aliphatic rings. The molecule has 306 valence electrons. The lowest BCUT2D eigenvalue weighted by atomic mass is 9.33. The smallest absolute Gasteiger partial charge is 0.252 e. The molecule has 59 heavy (non-hydrogen) atoms. The van der Waals surface area contributed by atoms with Crippen molar-refractivity contribution in [3.8, 4) is 0 Å². The molecule has 0 bridgehead atoms. The molecule has 0 unspecified atom stereocenters. The molecule has 0 spiro atoms. The van der Waals surface area contributed by atoms with E-state index in [2.05, 4.69) is 200 Å². The molecule has 2 nitrogen and oxygen atoms in total. The van der Waals surface area contributed by atoms with Crippen LogP contribution in [-0.2, 0) is 32.5 Å². The van der Waals surface area contributed by atoms with Gasteiger partial charge in [-0.3, -0.25) is 0 Å². The van der Waals surface area contributed by atoms with Crippen molar-refractivity contribution in [3.05, 3.63) is 123 Å². The van der Waals surface area contributed by atoms with Crippen molar-refractivity contribution in [2.45, 2.75) is 169 Å². The summed E-state index contributed by atoms with van der Waals surface area (Å²) in [6.07, 6.45) is 3.55. The summed E-state index contributed by atoms with van der Waals surface area (Å²) >= 11 is 0. The number of hydrogen-bond donors (Lipinski definition) is 0. The maximum absolute atomic E-state index is 2.72. The van der Waals surface area contributed by atoms with E-state index in [1.54, 1.807) is 0 Å². The largest absolute Gasteiger partial charge is 0.311 e. The zero-order chi connectivity index (χ0) is 42.7. The van der Waals surface area contributed by atoms with Crippen LogP contribution in [0.3, 0.4) is 0 Å². The molecule has 3 heteroatoms. The second kappa shape index (κ2) is 12.4. The van der Waals surface area contributed by atoms with Gasteiger partial charge >= 0.3 is 0 Å². The van der Waals surface area contributed by atoms with Gasteiger partial charge < -0.3 is 9.80 Å². The van der Waals surface area contributed by atoms with Crippen molar-refractivity contribution in [2.24, 2.45) is 0 Å². The Hall–Kier alpha value is -4.24. The van der Waals surface area contributed by atoms with Crippen molar-refractivity contribution in [1.29, 1.82) is 0 Å². The number of fused-ring (bicyclic) bond motifs is 6. The van der Waals surface area contributed by atoms with Gasteiger partial charge in [0.25, 0.3) is 6.71 Å². The predicted molar refractivity (Wildman–Crippen MR) is 258 cm³/mol. The molecule has 0 saturated carbocycles. The van der Waals surface area contributed by atoms with Crippen LogP contribution in [0.15, 0.2) is 72.8 Å². The lowest BCUT2D eigenvalue weighted by Crippen LogP contribution is -2.62. The molecule has 0 aromatic heterocycles. The van der Waals surface area contributed by atoms with Crippen molar-refractivity contribution in [3.63, 3.8) is 0 Å². The SMILES string of the molecule is Cc1cc2c3c(c1)N(c1cc4c(cc1C)C(C)(C)CCC4(C)C)c1cc4c(cc1B3c1cc(C(C)(C)C)ccc1N2c1ccc(C(C)(C)C)cc1C)C(C)(C)CC4(C)C. The molecule has 5 aromatic carbocycles. The van der Waals surface area contributed by atoms with Gasteiger partial charge in [-0.25, -0.2) is 0 Å². The van der Waals surface area contributed by atoms with E-state index in [1.807, 2.05) is 0 Å². The molecular formula is C56H69BN2. The molecule has 2 aliphatic carbocycles. The van der Waals surface area contributed by atoms with Crippen LogP contribution in [0.5, 0.6) is 0 Å². The van der Waals surface area contributed by atoms with Gasteiger partial charge in [-0.15, -0.1) is 0 Å². The fourth-order valence-electron chi connectivity index (χ4n) is 11.9. The van der Waals surface area contributed by atoms with Crippen molar-refractivity contribution in [1.82, 2.24) is 0 Å². The van der Waals surface area contributed by atoms with E-state index in [1.165, 1.54) is 113 Å². The number of rotatable bonds is 2. The lowest BCUT2D eigenvalue weighted by molar-refractivity contribution is 0.332. The zero-order valence-electron chi connectivity index (χ0n) is 39.5. The summed E-state index contributed by atoms with van der Waals surface area (Å²) in [4.78, 5) is 5.35. The van der Waals surface area contributed by atoms with Crippen LogP contribution in [0, 0.1) is 20.8 Å². The number of aryl methyl sites for hydroxylation is 3. The molecule has 2 heterocycles. The number of nitrogens with zero attached hydrogens (tertiary/aromatic N) is 2. The number of anilines is 6. The third-order valence-electron chi connectivity index (χ3n) is 15.3. The van der Waals surface area contributed by atoms with Crippen LogP contribution in [0.25, 0.3) is 0 Å². The van der Waals surface area contributed by atoms with Crippen LogP contribution < -0.4 is 26.2 Å². The van der Waals surface area contributed by atoms with Gasteiger partial charge in [0, 0.05) is 34.1 Å². The summed E-state index contributed by atoms with van der Waals surface area (Å²) in [7, 11) is 0. The summed E-state index contributed by atoms with van der Waals surface area (Å²) in [5.41, 5.74) is 25.4. The zero-order valence-corrected chi connectivity index (χ0v) is 39.5. The fourth-order valence-corrected chi connectivity index (χ4v) is 11.9. The fraction of sp³-hybridized carbons (Fsp3) is 0.464. The molecular weight excluding hydrogens is 711 g/mol. The minimum absolute atomic E-state index is 0.00875.